The van der Waals surface area contributed by atoms with Crippen molar-refractivity contribution in [3.8, 4) is 0 Å². The van der Waals surface area contributed by atoms with Gasteiger partial charge in [0.15, 0.2) is 0 Å². The van der Waals surface area contributed by atoms with Crippen LogP contribution < -0.4 is 11.1 Å². The summed E-state index contributed by atoms with van der Waals surface area (Å²) in [4.78, 5) is 1.51. The Hall–Kier alpha value is -0.380. The molecule has 2 rings (SSSR count). The summed E-state index contributed by atoms with van der Waals surface area (Å²) in [5.41, 5.74) is 7.63. The summed E-state index contributed by atoms with van der Waals surface area (Å²) in [6, 6.07) is 2.20. The van der Waals surface area contributed by atoms with E-state index in [1.807, 2.05) is 11.3 Å². The Morgan fingerprint density at radius 1 is 1.53 bits per heavy atom. The van der Waals surface area contributed by atoms with Gasteiger partial charge in [0, 0.05) is 11.4 Å². The van der Waals surface area contributed by atoms with Crippen molar-refractivity contribution in [3.05, 3.63) is 21.9 Å². The molecule has 1 saturated carbocycles. The standard InChI is InChI=1S/C12H20N2S/c1-10-3-7-15-11(10)2-6-14-9-12(8-13)4-5-12/h3,7,14H,2,4-6,8-9,13H2,1H3. The molecule has 15 heavy (non-hydrogen) atoms. The minimum Gasteiger partial charge on any atom is -0.330 e. The maximum Gasteiger partial charge on any atom is 0.00870 e. The van der Waals surface area contributed by atoms with Crippen molar-refractivity contribution in [1.29, 1.82) is 0 Å². The minimum absolute atomic E-state index is 0.463. The van der Waals surface area contributed by atoms with Crippen molar-refractivity contribution in [2.45, 2.75) is 26.2 Å². The van der Waals surface area contributed by atoms with Gasteiger partial charge in [0.2, 0.25) is 0 Å². The lowest BCUT2D eigenvalue weighted by molar-refractivity contribution is 0.470. The average molecular weight is 224 g/mol. The van der Waals surface area contributed by atoms with Crippen LogP contribution in [0.3, 0.4) is 0 Å². The van der Waals surface area contributed by atoms with Crippen LogP contribution in [0.4, 0.5) is 0 Å². The zero-order valence-electron chi connectivity index (χ0n) is 9.38. The first kappa shape index (κ1) is 11.1. The SMILES string of the molecule is Cc1ccsc1CCNCC1(CN)CC1. The maximum atomic E-state index is 5.73. The lowest BCUT2D eigenvalue weighted by atomic mass is 10.1. The summed E-state index contributed by atoms with van der Waals surface area (Å²) in [6.07, 6.45) is 3.78. The molecule has 0 aliphatic heterocycles. The van der Waals surface area contributed by atoms with Crippen molar-refractivity contribution in [2.24, 2.45) is 11.1 Å². The molecular formula is C12H20N2S. The minimum atomic E-state index is 0.463. The van der Waals surface area contributed by atoms with Crippen LogP contribution in [0.15, 0.2) is 11.4 Å². The molecule has 0 atom stereocenters. The van der Waals surface area contributed by atoms with Crippen molar-refractivity contribution in [1.82, 2.24) is 5.32 Å². The van der Waals surface area contributed by atoms with Crippen LogP contribution in [0.5, 0.6) is 0 Å². The zero-order valence-corrected chi connectivity index (χ0v) is 10.2. The number of rotatable bonds is 6. The van der Waals surface area contributed by atoms with Gasteiger partial charge >= 0.3 is 0 Å². The highest BCUT2D eigenvalue weighted by atomic mass is 32.1. The molecule has 0 saturated heterocycles. The summed E-state index contributed by atoms with van der Waals surface area (Å²) >= 11 is 1.86. The third-order valence-electron chi connectivity index (χ3n) is 3.39. The molecule has 0 spiro atoms. The van der Waals surface area contributed by atoms with Gasteiger partial charge in [0.1, 0.15) is 0 Å². The van der Waals surface area contributed by atoms with Gasteiger partial charge < -0.3 is 11.1 Å². The summed E-state index contributed by atoms with van der Waals surface area (Å²) in [5.74, 6) is 0. The fourth-order valence-corrected chi connectivity index (χ4v) is 2.76. The average Bonchev–Trinajstić information content (AvgIpc) is 2.92. The molecular weight excluding hydrogens is 204 g/mol. The van der Waals surface area contributed by atoms with Crippen LogP contribution in [0.1, 0.15) is 23.3 Å². The van der Waals surface area contributed by atoms with E-state index in [2.05, 4.69) is 23.7 Å². The molecule has 1 aromatic heterocycles. The fourth-order valence-electron chi connectivity index (χ4n) is 1.85. The van der Waals surface area contributed by atoms with Crippen LogP contribution in [0, 0.1) is 12.3 Å². The number of nitrogens with one attached hydrogen (secondary N) is 1. The van der Waals surface area contributed by atoms with Gasteiger partial charge in [0.05, 0.1) is 0 Å². The normalized spacial score (nSPS) is 18.0. The molecule has 3 N–H and O–H groups in total. The Morgan fingerprint density at radius 2 is 2.33 bits per heavy atom. The van der Waals surface area contributed by atoms with E-state index in [-0.39, 0.29) is 0 Å². The largest absolute Gasteiger partial charge is 0.330 e. The van der Waals surface area contributed by atoms with Gasteiger partial charge in [0.25, 0.3) is 0 Å². The number of aryl methyl sites for hydroxylation is 1. The lowest BCUT2D eigenvalue weighted by Crippen LogP contribution is -2.30. The van der Waals surface area contributed by atoms with Gasteiger partial charge in [-0.3, -0.25) is 0 Å². The Bertz CT molecular complexity index is 315. The Morgan fingerprint density at radius 3 is 2.87 bits per heavy atom. The topological polar surface area (TPSA) is 38.0 Å². The molecule has 1 aliphatic rings. The molecule has 3 heteroatoms. The Kier molecular flexibility index (Phi) is 3.44. The highest BCUT2D eigenvalue weighted by Gasteiger charge is 2.40. The molecule has 0 unspecified atom stereocenters. The number of hydrogen-bond acceptors (Lipinski definition) is 3. The van der Waals surface area contributed by atoms with E-state index in [9.17, 15) is 0 Å². The molecule has 1 fully saturated rings. The fraction of sp³-hybridized carbons (Fsp3) is 0.667. The first-order valence-electron chi connectivity index (χ1n) is 5.69. The van der Waals surface area contributed by atoms with E-state index in [1.165, 1.54) is 23.3 Å². The van der Waals surface area contributed by atoms with Crippen LogP contribution in [-0.2, 0) is 6.42 Å². The van der Waals surface area contributed by atoms with Gasteiger partial charge in [-0.15, -0.1) is 11.3 Å². The first-order chi connectivity index (χ1) is 7.26. The lowest BCUT2D eigenvalue weighted by Gasteiger charge is -2.12. The van der Waals surface area contributed by atoms with Crippen molar-refractivity contribution in [2.75, 3.05) is 19.6 Å². The van der Waals surface area contributed by atoms with Crippen LogP contribution >= 0.6 is 11.3 Å². The van der Waals surface area contributed by atoms with Gasteiger partial charge in [-0.2, -0.15) is 0 Å². The summed E-state index contributed by atoms with van der Waals surface area (Å²) in [5, 5.41) is 5.70. The molecule has 84 valence electrons. The highest BCUT2D eigenvalue weighted by Crippen LogP contribution is 2.43. The van der Waals surface area contributed by atoms with E-state index in [0.29, 0.717) is 5.41 Å². The zero-order chi connectivity index (χ0) is 10.7. The molecule has 1 heterocycles. The van der Waals surface area contributed by atoms with Crippen LogP contribution in [0.25, 0.3) is 0 Å². The number of thiophene rings is 1. The molecule has 0 amide bonds. The van der Waals surface area contributed by atoms with Gasteiger partial charge in [-0.1, -0.05) is 0 Å². The van der Waals surface area contributed by atoms with Crippen LogP contribution in [-0.4, -0.2) is 19.6 Å². The molecule has 0 radical (unpaired) electrons. The van der Waals surface area contributed by atoms with Gasteiger partial charge in [-0.05, 0) is 61.7 Å². The highest BCUT2D eigenvalue weighted by molar-refractivity contribution is 7.10. The third-order valence-corrected chi connectivity index (χ3v) is 4.47. The summed E-state index contributed by atoms with van der Waals surface area (Å²) in [6.45, 7) is 5.23. The van der Waals surface area contributed by atoms with Gasteiger partial charge in [-0.25, -0.2) is 0 Å². The predicted octanol–water partition coefficient (Wildman–Crippen LogP) is 1.93. The molecule has 0 bridgehead atoms. The van der Waals surface area contributed by atoms with E-state index < -0.39 is 0 Å². The molecule has 2 nitrogen and oxygen atoms in total. The van der Waals surface area contributed by atoms with Crippen molar-refractivity contribution >= 4 is 11.3 Å². The monoisotopic (exact) mass is 224 g/mol. The smallest absolute Gasteiger partial charge is 0.00870 e. The number of hydrogen-bond donors (Lipinski definition) is 2. The second-order valence-electron chi connectivity index (χ2n) is 4.66. The van der Waals surface area contributed by atoms with E-state index >= 15 is 0 Å². The maximum absolute atomic E-state index is 5.73. The second kappa shape index (κ2) is 4.64. The Balaban J connectivity index is 1.65. The summed E-state index contributed by atoms with van der Waals surface area (Å²) in [7, 11) is 0. The Labute approximate surface area is 95.9 Å². The molecule has 1 aliphatic carbocycles. The summed E-state index contributed by atoms with van der Waals surface area (Å²) < 4.78 is 0. The van der Waals surface area contributed by atoms with Crippen molar-refractivity contribution in [3.63, 3.8) is 0 Å². The second-order valence-corrected chi connectivity index (χ2v) is 5.66. The number of nitrogens with two attached hydrogens (primary N) is 1. The van der Waals surface area contributed by atoms with Crippen molar-refractivity contribution < 1.29 is 0 Å². The first-order valence-corrected chi connectivity index (χ1v) is 6.57. The predicted molar refractivity (Wildman–Crippen MR) is 66.4 cm³/mol. The quantitative estimate of drug-likeness (QED) is 0.725. The van der Waals surface area contributed by atoms with E-state index in [1.54, 1.807) is 0 Å². The van der Waals surface area contributed by atoms with Crippen LogP contribution in [0.2, 0.25) is 0 Å². The van der Waals surface area contributed by atoms with E-state index in [4.69, 9.17) is 5.73 Å². The molecule has 1 aromatic rings. The molecule has 0 aromatic carbocycles. The third kappa shape index (κ3) is 2.80. The van der Waals surface area contributed by atoms with E-state index in [0.717, 1.165) is 26.1 Å².